The molecule has 0 bridgehead atoms. The average Bonchev–Trinajstić information content (AvgIpc) is 2.49. The number of rotatable bonds is 8. The molecule has 23 heavy (non-hydrogen) atoms. The van der Waals surface area contributed by atoms with Crippen molar-refractivity contribution >= 4 is 22.1 Å². The molecule has 126 valence electrons. The third-order valence-electron chi connectivity index (χ3n) is 3.62. The lowest BCUT2D eigenvalue weighted by atomic mass is 10.1. The lowest BCUT2D eigenvalue weighted by Crippen LogP contribution is -2.22. The quantitative estimate of drug-likeness (QED) is 0.710. The Balaban J connectivity index is 3.05. The standard InChI is InChI=1S/C19H28N2OS/c1-7-11-21(8-2)19(15(5)6)13-23(22)16-9-10-17(14(3)4)18(20)12-16/h8-10,12H,2-3,7,11,13,20H2,1,4-6H3. The molecule has 0 saturated carbocycles. The van der Waals surface area contributed by atoms with E-state index in [1.165, 1.54) is 0 Å². The van der Waals surface area contributed by atoms with Crippen LogP contribution in [0.25, 0.3) is 5.57 Å². The van der Waals surface area contributed by atoms with Crippen molar-refractivity contribution in [3.8, 4) is 0 Å². The van der Waals surface area contributed by atoms with E-state index in [9.17, 15) is 4.21 Å². The number of nitrogen functional groups attached to an aromatic ring is 1. The number of nitrogens with two attached hydrogens (primary N) is 1. The van der Waals surface area contributed by atoms with Gasteiger partial charge in [0.15, 0.2) is 0 Å². The van der Waals surface area contributed by atoms with Gasteiger partial charge in [-0.25, -0.2) is 0 Å². The highest BCUT2D eigenvalue weighted by Gasteiger charge is 2.14. The number of nitrogens with zero attached hydrogens (tertiary/aromatic N) is 1. The molecule has 1 aromatic carbocycles. The molecular formula is C19H28N2OS. The van der Waals surface area contributed by atoms with Crippen LogP contribution in [-0.2, 0) is 10.8 Å². The van der Waals surface area contributed by atoms with Gasteiger partial charge in [-0.15, -0.1) is 0 Å². The lowest BCUT2D eigenvalue weighted by molar-refractivity contribution is 0.460. The van der Waals surface area contributed by atoms with Crippen LogP contribution in [-0.4, -0.2) is 21.4 Å². The highest BCUT2D eigenvalue weighted by Crippen LogP contribution is 2.24. The second-order valence-electron chi connectivity index (χ2n) is 5.84. The van der Waals surface area contributed by atoms with E-state index in [1.807, 2.05) is 39.1 Å². The summed E-state index contributed by atoms with van der Waals surface area (Å²) in [5.41, 5.74) is 10.7. The molecule has 0 aliphatic rings. The Morgan fingerprint density at radius 2 is 2.00 bits per heavy atom. The maximum absolute atomic E-state index is 12.8. The molecule has 0 aliphatic heterocycles. The van der Waals surface area contributed by atoms with Gasteiger partial charge in [0.1, 0.15) is 0 Å². The molecule has 0 spiro atoms. The van der Waals surface area contributed by atoms with E-state index in [-0.39, 0.29) is 0 Å². The van der Waals surface area contributed by atoms with Gasteiger partial charge in [0.2, 0.25) is 0 Å². The second kappa shape index (κ2) is 8.73. The smallest absolute Gasteiger partial charge is 0.0684 e. The van der Waals surface area contributed by atoms with Crippen LogP contribution < -0.4 is 5.73 Å². The minimum Gasteiger partial charge on any atom is -0.398 e. The maximum atomic E-state index is 12.8. The first-order valence-electron chi connectivity index (χ1n) is 7.81. The van der Waals surface area contributed by atoms with Gasteiger partial charge in [0.05, 0.1) is 16.6 Å². The molecule has 0 amide bonds. The molecule has 1 rings (SSSR count). The first-order valence-corrected chi connectivity index (χ1v) is 9.13. The number of allylic oxidation sites excluding steroid dienone is 2. The van der Waals surface area contributed by atoms with Gasteiger partial charge in [-0.1, -0.05) is 31.7 Å². The van der Waals surface area contributed by atoms with Gasteiger partial charge in [-0.2, -0.15) is 0 Å². The molecule has 0 heterocycles. The van der Waals surface area contributed by atoms with E-state index in [0.29, 0.717) is 11.4 Å². The Morgan fingerprint density at radius 1 is 1.35 bits per heavy atom. The summed E-state index contributed by atoms with van der Waals surface area (Å²) in [4.78, 5) is 2.82. The van der Waals surface area contributed by atoms with Crippen molar-refractivity contribution in [2.24, 2.45) is 0 Å². The molecule has 1 unspecified atom stereocenters. The molecular weight excluding hydrogens is 304 g/mol. The third kappa shape index (κ3) is 5.10. The van der Waals surface area contributed by atoms with Gasteiger partial charge in [0, 0.05) is 22.8 Å². The number of hydrogen-bond acceptors (Lipinski definition) is 3. The zero-order chi connectivity index (χ0) is 17.6. The number of anilines is 1. The van der Waals surface area contributed by atoms with Crippen LogP contribution in [0, 0.1) is 0 Å². The summed E-state index contributed by atoms with van der Waals surface area (Å²) >= 11 is 0. The van der Waals surface area contributed by atoms with Crippen LogP contribution in [0.4, 0.5) is 5.69 Å². The van der Waals surface area contributed by atoms with E-state index in [0.717, 1.165) is 40.3 Å². The Bertz CT molecular complexity index is 643. The molecule has 0 fully saturated rings. The predicted molar refractivity (Wildman–Crippen MR) is 102 cm³/mol. The fraction of sp³-hybridized carbons (Fsp3) is 0.368. The molecule has 0 aliphatic carbocycles. The summed E-state index contributed by atoms with van der Waals surface area (Å²) in [5, 5.41) is 0. The minimum absolute atomic E-state index is 0.459. The monoisotopic (exact) mass is 332 g/mol. The highest BCUT2D eigenvalue weighted by molar-refractivity contribution is 7.85. The van der Waals surface area contributed by atoms with E-state index >= 15 is 0 Å². The molecule has 2 N–H and O–H groups in total. The molecule has 0 radical (unpaired) electrons. The zero-order valence-corrected chi connectivity index (χ0v) is 15.5. The summed E-state index contributed by atoms with van der Waals surface area (Å²) in [5.74, 6) is 0.459. The SMILES string of the molecule is C=CN(CCC)C(CS(=O)c1ccc(C(=C)C)c(N)c1)=C(C)C. The van der Waals surface area contributed by atoms with Crippen LogP contribution >= 0.6 is 0 Å². The van der Waals surface area contributed by atoms with Crippen molar-refractivity contribution in [2.45, 2.75) is 39.0 Å². The lowest BCUT2D eigenvalue weighted by Gasteiger charge is -2.24. The molecule has 0 saturated heterocycles. The second-order valence-corrected chi connectivity index (χ2v) is 7.29. The van der Waals surface area contributed by atoms with Gasteiger partial charge >= 0.3 is 0 Å². The zero-order valence-electron chi connectivity index (χ0n) is 14.7. The van der Waals surface area contributed by atoms with Crippen LogP contribution in [0.1, 0.15) is 39.7 Å². The highest BCUT2D eigenvalue weighted by atomic mass is 32.2. The van der Waals surface area contributed by atoms with Gasteiger partial charge < -0.3 is 10.6 Å². The van der Waals surface area contributed by atoms with Crippen molar-refractivity contribution in [1.82, 2.24) is 4.90 Å². The van der Waals surface area contributed by atoms with Crippen molar-refractivity contribution in [3.63, 3.8) is 0 Å². The molecule has 1 aromatic rings. The summed E-state index contributed by atoms with van der Waals surface area (Å²) in [6, 6.07) is 5.56. The van der Waals surface area contributed by atoms with Crippen LogP contribution in [0.2, 0.25) is 0 Å². The first kappa shape index (κ1) is 19.2. The fourth-order valence-electron chi connectivity index (χ4n) is 2.37. The molecule has 3 nitrogen and oxygen atoms in total. The summed E-state index contributed by atoms with van der Waals surface area (Å²) < 4.78 is 12.8. The predicted octanol–water partition coefficient (Wildman–Crippen LogP) is 4.56. The molecule has 0 aromatic heterocycles. The van der Waals surface area contributed by atoms with Crippen molar-refractivity contribution in [2.75, 3.05) is 18.0 Å². The van der Waals surface area contributed by atoms with E-state index in [2.05, 4.69) is 25.0 Å². The van der Waals surface area contributed by atoms with Crippen LogP contribution in [0.3, 0.4) is 0 Å². The van der Waals surface area contributed by atoms with Crippen LogP contribution in [0.5, 0.6) is 0 Å². The summed E-state index contributed by atoms with van der Waals surface area (Å²) in [7, 11) is -1.15. The normalized spacial score (nSPS) is 11.7. The van der Waals surface area contributed by atoms with E-state index in [4.69, 9.17) is 5.73 Å². The van der Waals surface area contributed by atoms with Crippen molar-refractivity contribution < 1.29 is 4.21 Å². The Labute approximate surface area is 143 Å². The molecule has 1 atom stereocenters. The average molecular weight is 333 g/mol. The topological polar surface area (TPSA) is 46.3 Å². The van der Waals surface area contributed by atoms with Crippen LogP contribution in [0.15, 0.2) is 53.7 Å². The van der Waals surface area contributed by atoms with Crippen molar-refractivity contribution in [1.29, 1.82) is 0 Å². The van der Waals surface area contributed by atoms with E-state index in [1.54, 1.807) is 6.07 Å². The van der Waals surface area contributed by atoms with Crippen molar-refractivity contribution in [3.05, 3.63) is 54.4 Å². The minimum atomic E-state index is -1.15. The van der Waals surface area contributed by atoms with E-state index < -0.39 is 10.8 Å². The number of hydrogen-bond donors (Lipinski definition) is 1. The summed E-state index contributed by atoms with van der Waals surface area (Å²) in [6.45, 7) is 16.8. The van der Waals surface area contributed by atoms with Gasteiger partial charge in [0.25, 0.3) is 0 Å². The number of benzene rings is 1. The third-order valence-corrected chi connectivity index (χ3v) is 4.94. The Hall–Kier alpha value is -1.81. The first-order chi connectivity index (χ1) is 10.8. The Kier molecular flexibility index (Phi) is 7.30. The fourth-order valence-corrected chi connectivity index (χ4v) is 3.72. The van der Waals surface area contributed by atoms with Gasteiger partial charge in [-0.05, 0) is 56.7 Å². The largest absolute Gasteiger partial charge is 0.398 e. The maximum Gasteiger partial charge on any atom is 0.0684 e. The summed E-state index contributed by atoms with van der Waals surface area (Å²) in [6.07, 6.45) is 2.82. The Morgan fingerprint density at radius 3 is 2.43 bits per heavy atom. The molecule has 4 heteroatoms. The van der Waals surface area contributed by atoms with Gasteiger partial charge in [-0.3, -0.25) is 4.21 Å².